The van der Waals surface area contributed by atoms with Gasteiger partial charge >= 0.3 is 10.2 Å². The Hall–Kier alpha value is -5.00. The van der Waals surface area contributed by atoms with Crippen molar-refractivity contribution in [2.45, 2.75) is 6.42 Å². The van der Waals surface area contributed by atoms with Crippen LogP contribution in [0.5, 0.6) is 5.88 Å². The summed E-state index contributed by atoms with van der Waals surface area (Å²) in [5.74, 6) is 0.382. The van der Waals surface area contributed by atoms with Crippen LogP contribution < -0.4 is 4.74 Å². The van der Waals surface area contributed by atoms with E-state index in [1.807, 2.05) is 60.7 Å². The molecule has 10 nitrogen and oxygen atoms in total. The van der Waals surface area contributed by atoms with E-state index < -0.39 is 10.2 Å². The van der Waals surface area contributed by atoms with Crippen LogP contribution in [0.4, 0.5) is 0 Å². The highest BCUT2D eigenvalue weighted by Crippen LogP contribution is 2.23. The van der Waals surface area contributed by atoms with Crippen molar-refractivity contribution in [2.75, 3.05) is 20.7 Å². The van der Waals surface area contributed by atoms with E-state index in [2.05, 4.69) is 38.2 Å². The number of allylic oxidation sites excluding steroid dienone is 1. The summed E-state index contributed by atoms with van der Waals surface area (Å²) in [6.45, 7) is 0.430. The van der Waals surface area contributed by atoms with Gasteiger partial charge in [0.25, 0.3) is 0 Å². The van der Waals surface area contributed by atoms with E-state index >= 15 is 0 Å². The number of aromatic nitrogens is 4. The maximum atomic E-state index is 12.0. The van der Waals surface area contributed by atoms with Gasteiger partial charge in [0.2, 0.25) is 5.88 Å². The van der Waals surface area contributed by atoms with Crippen molar-refractivity contribution in [3.8, 4) is 17.1 Å². The number of rotatable bonds is 8. The number of carbonyl (C=O) groups is 1. The van der Waals surface area contributed by atoms with Crippen molar-refractivity contribution in [3.63, 3.8) is 0 Å². The normalized spacial score (nSPS) is 12.8. The second kappa shape index (κ2) is 12.7. The van der Waals surface area contributed by atoms with Crippen LogP contribution in [-0.4, -0.2) is 64.3 Å². The molecule has 0 N–H and O–H groups in total. The van der Waals surface area contributed by atoms with Gasteiger partial charge in [-0.15, -0.1) is 0 Å². The molecule has 42 heavy (non-hydrogen) atoms. The lowest BCUT2D eigenvalue weighted by Crippen LogP contribution is -2.29. The van der Waals surface area contributed by atoms with Crippen molar-refractivity contribution >= 4 is 38.9 Å². The summed E-state index contributed by atoms with van der Waals surface area (Å²) < 4.78 is 31.7. The molecule has 0 saturated carbocycles. The van der Waals surface area contributed by atoms with Gasteiger partial charge in [-0.1, -0.05) is 78.9 Å². The smallest absolute Gasteiger partial charge is 0.308 e. The van der Waals surface area contributed by atoms with E-state index in [9.17, 15) is 13.2 Å². The zero-order valence-corrected chi connectivity index (χ0v) is 23.8. The molecule has 2 aromatic heterocycles. The fourth-order valence-corrected chi connectivity index (χ4v) is 5.00. The Morgan fingerprint density at radius 1 is 0.881 bits per heavy atom. The van der Waals surface area contributed by atoms with Crippen LogP contribution in [-0.2, 0) is 10.2 Å². The van der Waals surface area contributed by atoms with Gasteiger partial charge in [-0.05, 0) is 17.7 Å². The summed E-state index contributed by atoms with van der Waals surface area (Å²) in [7, 11) is -0.961. The Kier molecular flexibility index (Phi) is 8.60. The van der Waals surface area contributed by atoms with Crippen molar-refractivity contribution in [2.24, 2.45) is 4.99 Å². The van der Waals surface area contributed by atoms with Crippen LogP contribution in [0.1, 0.15) is 22.6 Å². The first-order valence-corrected chi connectivity index (χ1v) is 14.4. The van der Waals surface area contributed by atoms with Gasteiger partial charge in [-0.2, -0.15) is 12.7 Å². The molecule has 0 radical (unpaired) electrons. The minimum atomic E-state index is -3.75. The summed E-state index contributed by atoms with van der Waals surface area (Å²) in [6, 6.07) is 27.0. The van der Waals surface area contributed by atoms with Gasteiger partial charge in [0, 0.05) is 26.1 Å². The minimum Gasteiger partial charge on any atom is -0.470 e. The highest BCUT2D eigenvalue weighted by atomic mass is 32.2. The quantitative estimate of drug-likeness (QED) is 0.239. The SMILES string of the molecule is C1=C(c2ccccc2)N=C(COc2cnc3ccccc3n2)C1.CN(C)S(=O)(=O)n1cc(-c2ccccc2)nc1C=O. The molecule has 0 atom stereocenters. The number of aliphatic imine (C=N–C) groups is 1. The summed E-state index contributed by atoms with van der Waals surface area (Å²) in [5.41, 5.74) is 6.03. The average Bonchev–Trinajstić information content (AvgIpc) is 3.69. The van der Waals surface area contributed by atoms with E-state index in [-0.39, 0.29) is 5.82 Å². The van der Waals surface area contributed by atoms with Crippen LogP contribution in [0.25, 0.3) is 28.0 Å². The number of hydrogen-bond acceptors (Lipinski definition) is 8. The van der Waals surface area contributed by atoms with E-state index in [1.165, 1.54) is 20.3 Å². The number of hydrogen-bond donors (Lipinski definition) is 0. The molecule has 0 unspecified atom stereocenters. The largest absolute Gasteiger partial charge is 0.470 e. The number of benzene rings is 3. The molecule has 0 amide bonds. The minimum absolute atomic E-state index is 0.146. The number of ether oxygens (including phenoxy) is 1. The Morgan fingerprint density at radius 3 is 2.19 bits per heavy atom. The molecular formula is C31H28N6O4S. The molecular weight excluding hydrogens is 552 g/mol. The first kappa shape index (κ1) is 28.5. The summed E-state index contributed by atoms with van der Waals surface area (Å²) in [4.78, 5) is 28.5. The molecule has 11 heteroatoms. The van der Waals surface area contributed by atoms with Crippen molar-refractivity contribution in [3.05, 3.63) is 115 Å². The third-order valence-corrected chi connectivity index (χ3v) is 7.99. The lowest BCUT2D eigenvalue weighted by atomic mass is 10.1. The topological polar surface area (TPSA) is 120 Å². The number of fused-ring (bicyclic) bond motifs is 1. The molecule has 3 aromatic carbocycles. The zero-order valence-electron chi connectivity index (χ0n) is 23.0. The van der Waals surface area contributed by atoms with Crippen molar-refractivity contribution in [1.29, 1.82) is 0 Å². The number of aldehydes is 1. The Bertz CT molecular complexity index is 1870. The first-order chi connectivity index (χ1) is 20.3. The molecule has 0 saturated heterocycles. The fourth-order valence-electron chi connectivity index (χ4n) is 4.09. The fraction of sp³-hybridized carbons (Fsp3) is 0.129. The zero-order chi connectivity index (χ0) is 29.5. The Labute approximate surface area is 243 Å². The molecule has 5 aromatic rings. The van der Waals surface area contributed by atoms with E-state index in [0.717, 1.165) is 48.3 Å². The van der Waals surface area contributed by atoms with Gasteiger partial charge in [0.1, 0.15) is 6.61 Å². The summed E-state index contributed by atoms with van der Waals surface area (Å²) in [5, 5.41) is 0. The monoisotopic (exact) mass is 580 g/mol. The number of para-hydroxylation sites is 2. The maximum Gasteiger partial charge on any atom is 0.308 e. The number of nitrogens with zero attached hydrogens (tertiary/aromatic N) is 6. The lowest BCUT2D eigenvalue weighted by Gasteiger charge is -2.12. The maximum absolute atomic E-state index is 12.0. The predicted octanol–water partition coefficient (Wildman–Crippen LogP) is 4.91. The van der Waals surface area contributed by atoms with Crippen LogP contribution in [0, 0.1) is 0 Å². The van der Waals surface area contributed by atoms with Gasteiger partial charge in [-0.3, -0.25) is 9.79 Å². The molecule has 1 aliphatic rings. The predicted molar refractivity (Wildman–Crippen MR) is 163 cm³/mol. The Morgan fingerprint density at radius 2 is 1.52 bits per heavy atom. The van der Waals surface area contributed by atoms with Crippen LogP contribution in [0.3, 0.4) is 0 Å². The number of carbonyl (C=O) groups excluding carboxylic acids is 1. The van der Waals surface area contributed by atoms with Gasteiger partial charge in [0.05, 0.1) is 40.5 Å². The van der Waals surface area contributed by atoms with Crippen molar-refractivity contribution in [1.82, 2.24) is 23.2 Å². The standard InChI is InChI=1S/C19H15N3O.C12H13N3O3S/c1-2-6-14(7-3-1)16-11-10-15(21-16)13-23-19-12-20-17-8-4-5-9-18(17)22-19;1-14(2)19(17,18)15-8-11(13-12(15)9-16)10-6-4-3-5-7-10/h1-9,11-12H,10,13H2;3-9H,1-2H3. The molecule has 0 spiro atoms. The first-order valence-electron chi connectivity index (χ1n) is 13.0. The van der Waals surface area contributed by atoms with E-state index in [4.69, 9.17) is 4.74 Å². The number of imidazole rings is 1. The van der Waals surface area contributed by atoms with Gasteiger partial charge in [0.15, 0.2) is 12.1 Å². The second-order valence-corrected chi connectivity index (χ2v) is 11.4. The molecule has 3 heterocycles. The lowest BCUT2D eigenvalue weighted by molar-refractivity contribution is 0.111. The van der Waals surface area contributed by atoms with E-state index in [0.29, 0.717) is 24.5 Å². The van der Waals surface area contributed by atoms with Crippen LogP contribution in [0.2, 0.25) is 0 Å². The van der Waals surface area contributed by atoms with Gasteiger partial charge < -0.3 is 4.74 Å². The molecule has 0 aliphatic carbocycles. The molecule has 212 valence electrons. The third kappa shape index (κ3) is 6.48. The van der Waals surface area contributed by atoms with Crippen LogP contribution >= 0.6 is 0 Å². The van der Waals surface area contributed by atoms with Crippen LogP contribution in [0.15, 0.2) is 108 Å². The summed E-state index contributed by atoms with van der Waals surface area (Å²) in [6.07, 6.45) is 6.36. The second-order valence-electron chi connectivity index (χ2n) is 9.38. The molecule has 0 bridgehead atoms. The average molecular weight is 581 g/mol. The highest BCUT2D eigenvalue weighted by Gasteiger charge is 2.22. The van der Waals surface area contributed by atoms with Gasteiger partial charge in [-0.25, -0.2) is 18.9 Å². The molecule has 0 fully saturated rings. The van der Waals surface area contributed by atoms with E-state index in [1.54, 1.807) is 18.3 Å². The molecule has 1 aliphatic heterocycles. The highest BCUT2D eigenvalue weighted by molar-refractivity contribution is 7.87. The Balaban J connectivity index is 0.000000172. The molecule has 6 rings (SSSR count). The third-order valence-electron chi connectivity index (χ3n) is 6.28. The summed E-state index contributed by atoms with van der Waals surface area (Å²) >= 11 is 0. The van der Waals surface area contributed by atoms with Crippen molar-refractivity contribution < 1.29 is 17.9 Å².